The minimum Gasteiger partial charge on any atom is -0.467 e. The molecule has 15 heavy (non-hydrogen) atoms. The van der Waals surface area contributed by atoms with Crippen LogP contribution in [-0.4, -0.2) is 18.5 Å². The minimum absolute atomic E-state index is 0.629. The molecule has 0 saturated heterocycles. The van der Waals surface area contributed by atoms with Crippen molar-refractivity contribution in [2.45, 2.75) is 17.2 Å². The third-order valence-corrected chi connectivity index (χ3v) is 2.81. The van der Waals surface area contributed by atoms with Gasteiger partial charge in [-0.2, -0.15) is 0 Å². The molecule has 0 N–H and O–H groups in total. The lowest BCUT2D eigenvalue weighted by atomic mass is 10.2. The van der Waals surface area contributed by atoms with Gasteiger partial charge in [0.25, 0.3) is 0 Å². The Labute approximate surface area is 92.0 Å². The van der Waals surface area contributed by atoms with E-state index in [0.717, 1.165) is 22.2 Å². The molecule has 80 valence electrons. The van der Waals surface area contributed by atoms with Gasteiger partial charge in [-0.3, -0.25) is 0 Å². The summed E-state index contributed by atoms with van der Waals surface area (Å²) >= 11 is 1.08. The molecule has 5 heteroatoms. The fourth-order valence-corrected chi connectivity index (χ4v) is 1.75. The van der Waals surface area contributed by atoms with Crippen LogP contribution < -0.4 is 0 Å². The molecular weight excluding hydrogens is 214 g/mol. The number of nitroso groups, excluding NO2 is 1. The highest BCUT2D eigenvalue weighted by atomic mass is 32.2. The number of carbonyl (C=O) groups excluding carboxylic acids is 1. The van der Waals surface area contributed by atoms with Crippen molar-refractivity contribution in [2.24, 2.45) is 5.18 Å². The first kappa shape index (κ1) is 11.7. The monoisotopic (exact) mass is 225 g/mol. The Kier molecular flexibility index (Phi) is 4.30. The Balaban J connectivity index is 2.71. The van der Waals surface area contributed by atoms with Gasteiger partial charge in [0.2, 0.25) is 5.37 Å². The molecule has 0 bridgehead atoms. The predicted molar refractivity (Wildman–Crippen MR) is 58.6 cm³/mol. The zero-order valence-corrected chi connectivity index (χ0v) is 9.28. The van der Waals surface area contributed by atoms with Crippen LogP contribution >= 0.6 is 11.8 Å². The maximum atomic E-state index is 11.1. The first-order chi connectivity index (χ1) is 7.17. The molecule has 0 aliphatic heterocycles. The van der Waals surface area contributed by atoms with Crippen molar-refractivity contribution in [3.05, 3.63) is 34.7 Å². The van der Waals surface area contributed by atoms with Gasteiger partial charge in [-0.15, -0.1) is 4.91 Å². The number of nitrogens with zero attached hydrogens (tertiary/aromatic N) is 1. The Morgan fingerprint density at radius 3 is 2.47 bits per heavy atom. The highest BCUT2D eigenvalue weighted by molar-refractivity contribution is 8.00. The standard InChI is InChI=1S/C10H11NO3S/c1-7-3-5-8(6-4-7)15-9(11-13)10(12)14-2/h3-6,9H,1-2H3. The van der Waals surface area contributed by atoms with Crippen LogP contribution in [0.4, 0.5) is 0 Å². The summed E-state index contributed by atoms with van der Waals surface area (Å²) in [6.45, 7) is 1.96. The molecule has 0 saturated carbocycles. The second-order valence-electron chi connectivity index (χ2n) is 2.91. The molecule has 1 rings (SSSR count). The van der Waals surface area contributed by atoms with Crippen LogP contribution in [0.15, 0.2) is 34.3 Å². The number of rotatable bonds is 4. The highest BCUT2D eigenvalue weighted by Gasteiger charge is 2.20. The van der Waals surface area contributed by atoms with Crippen molar-refractivity contribution in [1.82, 2.24) is 0 Å². The summed E-state index contributed by atoms with van der Waals surface area (Å²) < 4.78 is 4.45. The molecule has 4 nitrogen and oxygen atoms in total. The number of hydrogen-bond acceptors (Lipinski definition) is 5. The zero-order valence-electron chi connectivity index (χ0n) is 8.47. The Morgan fingerprint density at radius 1 is 1.40 bits per heavy atom. The lowest BCUT2D eigenvalue weighted by Gasteiger charge is -2.06. The van der Waals surface area contributed by atoms with Crippen molar-refractivity contribution < 1.29 is 9.53 Å². The molecule has 0 spiro atoms. The third-order valence-electron chi connectivity index (χ3n) is 1.77. The van der Waals surface area contributed by atoms with Crippen LogP contribution in [-0.2, 0) is 9.53 Å². The Morgan fingerprint density at radius 2 is 2.00 bits per heavy atom. The fourth-order valence-electron chi connectivity index (χ4n) is 0.959. The van der Waals surface area contributed by atoms with E-state index in [4.69, 9.17) is 0 Å². The predicted octanol–water partition coefficient (Wildman–Crippen LogP) is 2.35. The Bertz CT molecular complexity index is 350. The van der Waals surface area contributed by atoms with E-state index in [1.165, 1.54) is 7.11 Å². The molecule has 0 amide bonds. The molecule has 0 aromatic heterocycles. The van der Waals surface area contributed by atoms with Crippen LogP contribution in [0.5, 0.6) is 0 Å². The number of aryl methyl sites for hydroxylation is 1. The van der Waals surface area contributed by atoms with E-state index in [-0.39, 0.29) is 0 Å². The average Bonchev–Trinajstić information content (AvgIpc) is 2.27. The molecular formula is C10H11NO3S. The summed E-state index contributed by atoms with van der Waals surface area (Å²) in [6, 6.07) is 7.48. The van der Waals surface area contributed by atoms with E-state index in [1.807, 2.05) is 31.2 Å². The second kappa shape index (κ2) is 5.50. The van der Waals surface area contributed by atoms with Crippen LogP contribution in [0.25, 0.3) is 0 Å². The van der Waals surface area contributed by atoms with Crippen molar-refractivity contribution in [2.75, 3.05) is 7.11 Å². The van der Waals surface area contributed by atoms with Crippen molar-refractivity contribution in [3.63, 3.8) is 0 Å². The van der Waals surface area contributed by atoms with Crippen molar-refractivity contribution in [1.29, 1.82) is 0 Å². The van der Waals surface area contributed by atoms with Gasteiger partial charge >= 0.3 is 5.97 Å². The van der Waals surface area contributed by atoms with Crippen LogP contribution in [0.1, 0.15) is 5.56 Å². The third kappa shape index (κ3) is 3.36. The van der Waals surface area contributed by atoms with Gasteiger partial charge in [0.05, 0.1) is 7.11 Å². The summed E-state index contributed by atoms with van der Waals surface area (Å²) in [5.41, 5.74) is 1.12. The molecule has 0 aliphatic carbocycles. The van der Waals surface area contributed by atoms with Crippen molar-refractivity contribution >= 4 is 17.7 Å². The van der Waals surface area contributed by atoms with Gasteiger partial charge in [-0.25, -0.2) is 4.79 Å². The summed E-state index contributed by atoms with van der Waals surface area (Å²) in [6.07, 6.45) is 0. The van der Waals surface area contributed by atoms with Crippen molar-refractivity contribution in [3.8, 4) is 0 Å². The van der Waals surface area contributed by atoms with E-state index in [2.05, 4.69) is 9.91 Å². The van der Waals surface area contributed by atoms with E-state index < -0.39 is 11.3 Å². The number of benzene rings is 1. The number of thioether (sulfide) groups is 1. The van der Waals surface area contributed by atoms with Gasteiger partial charge < -0.3 is 4.74 Å². The lowest BCUT2D eigenvalue weighted by Crippen LogP contribution is -2.15. The van der Waals surface area contributed by atoms with E-state index in [1.54, 1.807) is 0 Å². The quantitative estimate of drug-likeness (QED) is 0.448. The zero-order chi connectivity index (χ0) is 11.3. The number of methoxy groups -OCH3 is 1. The maximum absolute atomic E-state index is 11.1. The summed E-state index contributed by atoms with van der Waals surface area (Å²) in [5, 5.41) is 1.69. The smallest absolute Gasteiger partial charge is 0.345 e. The molecule has 0 heterocycles. The highest BCUT2D eigenvalue weighted by Crippen LogP contribution is 2.25. The molecule has 0 fully saturated rings. The van der Waals surface area contributed by atoms with Crippen LogP contribution in [0.3, 0.4) is 0 Å². The molecule has 1 aromatic rings. The second-order valence-corrected chi connectivity index (χ2v) is 4.07. The van der Waals surface area contributed by atoms with Gasteiger partial charge in [-0.1, -0.05) is 29.5 Å². The van der Waals surface area contributed by atoms with Crippen LogP contribution in [0.2, 0.25) is 0 Å². The number of ether oxygens (including phenoxy) is 1. The normalized spacial score (nSPS) is 11.9. The summed E-state index contributed by atoms with van der Waals surface area (Å²) in [5.74, 6) is -0.629. The first-order valence-corrected chi connectivity index (χ1v) is 5.19. The van der Waals surface area contributed by atoms with Gasteiger partial charge in [0, 0.05) is 4.90 Å². The maximum Gasteiger partial charge on any atom is 0.345 e. The van der Waals surface area contributed by atoms with Gasteiger partial charge in [-0.05, 0) is 24.2 Å². The Hall–Kier alpha value is -1.36. The average molecular weight is 225 g/mol. The molecule has 1 unspecified atom stereocenters. The number of hydrogen-bond donors (Lipinski definition) is 0. The molecule has 0 radical (unpaired) electrons. The molecule has 1 atom stereocenters. The lowest BCUT2D eigenvalue weighted by molar-refractivity contribution is -0.139. The minimum atomic E-state index is -1.03. The SMILES string of the molecule is COC(=O)C(N=O)Sc1ccc(C)cc1. The molecule has 1 aromatic carbocycles. The first-order valence-electron chi connectivity index (χ1n) is 4.31. The van der Waals surface area contributed by atoms with E-state index in [0.29, 0.717) is 0 Å². The topological polar surface area (TPSA) is 55.7 Å². The number of carbonyl (C=O) groups is 1. The van der Waals surface area contributed by atoms with Crippen LogP contribution in [0, 0.1) is 11.8 Å². The largest absolute Gasteiger partial charge is 0.467 e. The number of esters is 1. The van der Waals surface area contributed by atoms with E-state index in [9.17, 15) is 9.70 Å². The fraction of sp³-hybridized carbons (Fsp3) is 0.300. The summed E-state index contributed by atoms with van der Waals surface area (Å²) in [4.78, 5) is 22.3. The van der Waals surface area contributed by atoms with E-state index >= 15 is 0 Å². The van der Waals surface area contributed by atoms with Gasteiger partial charge in [0.1, 0.15) is 0 Å². The summed E-state index contributed by atoms with van der Waals surface area (Å²) in [7, 11) is 1.23. The molecule has 0 aliphatic rings. The van der Waals surface area contributed by atoms with Gasteiger partial charge in [0.15, 0.2) is 0 Å².